The molecule has 1 heterocycles. The lowest BCUT2D eigenvalue weighted by molar-refractivity contribution is -0.123. The lowest BCUT2D eigenvalue weighted by Crippen LogP contribution is -2.24. The third-order valence-electron chi connectivity index (χ3n) is 3.93. The smallest absolute Gasteiger partial charge is 0.277 e. The summed E-state index contributed by atoms with van der Waals surface area (Å²) in [6.07, 6.45) is 6.04. The number of rotatable bonds is 5. The molecule has 0 atom stereocenters. The molecule has 1 aliphatic rings. The molecule has 5 nitrogen and oxygen atoms in total. The van der Waals surface area contributed by atoms with Crippen LogP contribution in [0.1, 0.15) is 35.5 Å². The van der Waals surface area contributed by atoms with E-state index in [-0.39, 0.29) is 12.5 Å². The maximum absolute atomic E-state index is 11.8. The summed E-state index contributed by atoms with van der Waals surface area (Å²) in [4.78, 5) is 11.8. The summed E-state index contributed by atoms with van der Waals surface area (Å²) in [5, 5.41) is 3.85. The number of carbonyl (C=O) groups is 1. The molecule has 0 radical (unpaired) electrons. The van der Waals surface area contributed by atoms with Gasteiger partial charge in [-0.25, -0.2) is 5.43 Å². The van der Waals surface area contributed by atoms with Crippen LogP contribution >= 0.6 is 15.9 Å². The van der Waals surface area contributed by atoms with Crippen LogP contribution in [0.4, 0.5) is 0 Å². The topological polar surface area (TPSA) is 63.8 Å². The second-order valence-corrected chi connectivity index (χ2v) is 6.55. The van der Waals surface area contributed by atoms with Crippen molar-refractivity contribution in [2.24, 2.45) is 5.10 Å². The summed E-state index contributed by atoms with van der Waals surface area (Å²) in [7, 11) is 0. The van der Waals surface area contributed by atoms with Crippen molar-refractivity contribution in [3.8, 4) is 5.75 Å². The number of ether oxygens (including phenoxy) is 1. The van der Waals surface area contributed by atoms with Crippen LogP contribution in [0.3, 0.4) is 0 Å². The number of hydrazone groups is 1. The predicted octanol–water partition coefficient (Wildman–Crippen LogP) is 3.76. The second-order valence-electron chi connectivity index (χ2n) is 5.75. The third kappa shape index (κ3) is 4.06. The van der Waals surface area contributed by atoms with E-state index in [2.05, 4.69) is 32.5 Å². The lowest BCUT2D eigenvalue weighted by Gasteiger charge is -2.19. The third-order valence-corrected chi connectivity index (χ3v) is 4.80. The number of nitrogens with zero attached hydrogens (tertiary/aromatic N) is 1. The number of carbonyl (C=O) groups excluding carboxylic acids is 1. The van der Waals surface area contributed by atoms with Crippen molar-refractivity contribution in [3.63, 3.8) is 0 Å². The molecule has 126 valence electrons. The van der Waals surface area contributed by atoms with E-state index < -0.39 is 0 Å². The van der Waals surface area contributed by atoms with E-state index in [1.807, 2.05) is 19.1 Å². The van der Waals surface area contributed by atoms with E-state index in [1.54, 1.807) is 6.07 Å². The zero-order valence-electron chi connectivity index (χ0n) is 13.5. The van der Waals surface area contributed by atoms with Crippen molar-refractivity contribution in [1.82, 2.24) is 5.43 Å². The first kappa shape index (κ1) is 16.8. The number of fused-ring (bicyclic) bond motifs is 1. The van der Waals surface area contributed by atoms with Gasteiger partial charge in [-0.05, 0) is 77.9 Å². The van der Waals surface area contributed by atoms with Crippen molar-refractivity contribution < 1.29 is 13.9 Å². The number of amides is 1. The summed E-state index contributed by atoms with van der Waals surface area (Å²) in [6, 6.07) is 7.62. The van der Waals surface area contributed by atoms with E-state index in [9.17, 15) is 4.79 Å². The molecule has 0 bridgehead atoms. The van der Waals surface area contributed by atoms with Crippen LogP contribution in [0.15, 0.2) is 38.3 Å². The lowest BCUT2D eigenvalue weighted by atomic mass is 9.92. The molecule has 1 aliphatic carbocycles. The fourth-order valence-corrected chi connectivity index (χ4v) is 3.44. The quantitative estimate of drug-likeness (QED) is 0.624. The molecule has 0 unspecified atom stereocenters. The van der Waals surface area contributed by atoms with Gasteiger partial charge in [0.25, 0.3) is 5.91 Å². The SMILES string of the molecule is Cc1ccc(/C=N\NC(=O)COc2ccc3c(c2Br)CCCC3)o1. The van der Waals surface area contributed by atoms with Crippen molar-refractivity contribution in [2.45, 2.75) is 32.6 Å². The molecule has 0 saturated heterocycles. The number of furan rings is 1. The van der Waals surface area contributed by atoms with E-state index in [1.165, 1.54) is 30.2 Å². The Hall–Kier alpha value is -2.08. The largest absolute Gasteiger partial charge is 0.483 e. The highest BCUT2D eigenvalue weighted by Crippen LogP contribution is 2.35. The molecule has 1 aromatic carbocycles. The maximum atomic E-state index is 11.8. The summed E-state index contributed by atoms with van der Waals surface area (Å²) in [5.41, 5.74) is 5.08. The van der Waals surface area contributed by atoms with E-state index in [0.29, 0.717) is 11.5 Å². The first-order chi connectivity index (χ1) is 11.6. The second kappa shape index (κ2) is 7.66. The number of benzene rings is 1. The van der Waals surface area contributed by atoms with Gasteiger partial charge in [-0.2, -0.15) is 5.10 Å². The maximum Gasteiger partial charge on any atom is 0.277 e. The zero-order valence-corrected chi connectivity index (χ0v) is 15.1. The first-order valence-electron chi connectivity index (χ1n) is 7.95. The molecule has 0 spiro atoms. The molecule has 0 fully saturated rings. The normalized spacial score (nSPS) is 13.8. The molecule has 1 aromatic heterocycles. The highest BCUT2D eigenvalue weighted by molar-refractivity contribution is 9.10. The van der Waals surface area contributed by atoms with Crippen LogP contribution in [-0.4, -0.2) is 18.7 Å². The Morgan fingerprint density at radius 2 is 2.17 bits per heavy atom. The molecule has 6 heteroatoms. The van der Waals surface area contributed by atoms with Gasteiger partial charge in [0.1, 0.15) is 17.3 Å². The standard InChI is InChI=1S/C18H19BrN2O3/c1-12-6-8-14(24-12)10-20-21-17(22)11-23-16-9-7-13-4-2-3-5-15(13)18(16)19/h6-10H,2-5,11H2,1H3,(H,21,22)/b20-10-. The molecule has 24 heavy (non-hydrogen) atoms. The minimum atomic E-state index is -0.320. The molecule has 1 N–H and O–H groups in total. The Bertz CT molecular complexity index is 768. The Kier molecular flexibility index (Phi) is 5.35. The molecule has 0 saturated carbocycles. The summed E-state index contributed by atoms with van der Waals surface area (Å²) < 4.78 is 11.9. The van der Waals surface area contributed by atoms with E-state index in [0.717, 1.165) is 23.1 Å². The molecule has 1 amide bonds. The fourth-order valence-electron chi connectivity index (χ4n) is 2.74. The van der Waals surface area contributed by atoms with Crippen molar-refractivity contribution in [1.29, 1.82) is 0 Å². The number of nitrogens with one attached hydrogen (secondary N) is 1. The Labute approximate surface area is 149 Å². The van der Waals surface area contributed by atoms with Gasteiger partial charge in [0.15, 0.2) is 6.61 Å². The summed E-state index contributed by atoms with van der Waals surface area (Å²) in [5.74, 6) is 1.75. The molecule has 2 aromatic rings. The Morgan fingerprint density at radius 3 is 2.96 bits per heavy atom. The van der Waals surface area contributed by atoms with Crippen LogP contribution < -0.4 is 10.2 Å². The van der Waals surface area contributed by atoms with Crippen LogP contribution in [0.5, 0.6) is 5.75 Å². The van der Waals surface area contributed by atoms with Gasteiger partial charge in [-0.1, -0.05) is 6.07 Å². The van der Waals surface area contributed by atoms with Crippen LogP contribution in [-0.2, 0) is 17.6 Å². The van der Waals surface area contributed by atoms with Gasteiger partial charge in [0.05, 0.1) is 10.7 Å². The van der Waals surface area contributed by atoms with Crippen molar-refractivity contribution >= 4 is 28.1 Å². The minimum Gasteiger partial charge on any atom is -0.483 e. The minimum absolute atomic E-state index is 0.0914. The monoisotopic (exact) mass is 390 g/mol. The average Bonchev–Trinajstić information content (AvgIpc) is 3.00. The zero-order chi connectivity index (χ0) is 16.9. The van der Waals surface area contributed by atoms with Gasteiger partial charge in [0.2, 0.25) is 0 Å². The summed E-state index contributed by atoms with van der Waals surface area (Å²) >= 11 is 3.60. The van der Waals surface area contributed by atoms with E-state index >= 15 is 0 Å². The molecular formula is C18H19BrN2O3. The molecule has 3 rings (SSSR count). The highest BCUT2D eigenvalue weighted by atomic mass is 79.9. The number of hydrogen-bond donors (Lipinski definition) is 1. The van der Waals surface area contributed by atoms with Gasteiger partial charge in [-0.3, -0.25) is 4.79 Å². The molecular weight excluding hydrogens is 372 g/mol. The van der Waals surface area contributed by atoms with Crippen molar-refractivity contribution in [3.05, 3.63) is 51.4 Å². The number of aryl methyl sites for hydroxylation is 2. The first-order valence-corrected chi connectivity index (χ1v) is 8.74. The Morgan fingerprint density at radius 1 is 1.33 bits per heavy atom. The fraction of sp³-hybridized carbons (Fsp3) is 0.333. The predicted molar refractivity (Wildman–Crippen MR) is 95.5 cm³/mol. The van der Waals surface area contributed by atoms with Crippen LogP contribution in [0.25, 0.3) is 0 Å². The summed E-state index contributed by atoms with van der Waals surface area (Å²) in [6.45, 7) is 1.76. The van der Waals surface area contributed by atoms with Gasteiger partial charge in [-0.15, -0.1) is 0 Å². The van der Waals surface area contributed by atoms with Gasteiger partial charge >= 0.3 is 0 Å². The number of hydrogen-bond acceptors (Lipinski definition) is 4. The molecule has 0 aliphatic heterocycles. The highest BCUT2D eigenvalue weighted by Gasteiger charge is 2.16. The number of halogens is 1. The van der Waals surface area contributed by atoms with Crippen LogP contribution in [0.2, 0.25) is 0 Å². The van der Waals surface area contributed by atoms with Gasteiger partial charge in [0, 0.05) is 0 Å². The van der Waals surface area contributed by atoms with E-state index in [4.69, 9.17) is 9.15 Å². The average molecular weight is 391 g/mol. The van der Waals surface area contributed by atoms with Crippen LogP contribution in [0, 0.1) is 6.92 Å². The Balaban J connectivity index is 1.54. The van der Waals surface area contributed by atoms with Crippen molar-refractivity contribution in [2.75, 3.05) is 6.61 Å². The van der Waals surface area contributed by atoms with Gasteiger partial charge < -0.3 is 9.15 Å².